The van der Waals surface area contributed by atoms with Gasteiger partial charge in [-0.05, 0) is 46.2 Å². The zero-order valence-corrected chi connectivity index (χ0v) is 20.9. The van der Waals surface area contributed by atoms with Gasteiger partial charge in [0.05, 0.1) is 23.3 Å². The third kappa shape index (κ3) is 6.19. The number of nitro groups is 1. The first-order chi connectivity index (χ1) is 19.1. The summed E-state index contributed by atoms with van der Waals surface area (Å²) in [5.74, 6) is -0.422. The Balaban J connectivity index is 1.55. The standard InChI is InChI=1S/C29H20F3N3O5/c1-39-27-14-18(9-12-26(27)40-17-20-7-4-6-19-5-2-3-8-23(19)20)13-21(16-33)28(36)34-25-11-10-22(35(37)38)15-24(25)29(30,31)32/h2-15H,17H2,1H3,(H,34,36). The van der Waals surface area contributed by atoms with Crippen LogP contribution in [0.5, 0.6) is 11.5 Å². The fourth-order valence-corrected chi connectivity index (χ4v) is 3.96. The number of methoxy groups -OCH3 is 1. The number of fused-ring (bicyclic) bond motifs is 1. The highest BCUT2D eigenvalue weighted by Crippen LogP contribution is 2.37. The van der Waals surface area contributed by atoms with Gasteiger partial charge in [0, 0.05) is 12.1 Å². The number of hydrogen-bond acceptors (Lipinski definition) is 6. The number of halogens is 3. The predicted octanol–water partition coefficient (Wildman–Crippen LogP) is 6.90. The molecule has 0 aliphatic carbocycles. The molecule has 202 valence electrons. The largest absolute Gasteiger partial charge is 0.493 e. The van der Waals surface area contributed by atoms with Crippen LogP contribution in [-0.2, 0) is 17.6 Å². The molecule has 1 amide bonds. The van der Waals surface area contributed by atoms with Gasteiger partial charge in [0.25, 0.3) is 11.6 Å². The van der Waals surface area contributed by atoms with E-state index in [1.807, 2.05) is 47.8 Å². The Morgan fingerprint density at radius 3 is 2.50 bits per heavy atom. The van der Waals surface area contributed by atoms with Crippen molar-refractivity contribution in [1.29, 1.82) is 5.26 Å². The number of nitriles is 1. The van der Waals surface area contributed by atoms with Crippen molar-refractivity contribution in [3.63, 3.8) is 0 Å². The molecule has 11 heteroatoms. The van der Waals surface area contributed by atoms with Crippen molar-refractivity contribution in [2.75, 3.05) is 12.4 Å². The summed E-state index contributed by atoms with van der Waals surface area (Å²) in [6.07, 6.45) is -3.81. The van der Waals surface area contributed by atoms with Crippen molar-refractivity contribution in [2.24, 2.45) is 0 Å². The molecule has 0 heterocycles. The van der Waals surface area contributed by atoms with E-state index in [-0.39, 0.29) is 6.61 Å². The fraction of sp³-hybridized carbons (Fsp3) is 0.103. The molecule has 0 bridgehead atoms. The van der Waals surface area contributed by atoms with E-state index >= 15 is 0 Å². The maximum atomic E-state index is 13.5. The summed E-state index contributed by atoms with van der Waals surface area (Å²) in [4.78, 5) is 22.6. The molecule has 0 aliphatic rings. The van der Waals surface area contributed by atoms with Crippen LogP contribution in [-0.4, -0.2) is 17.9 Å². The molecule has 0 spiro atoms. The van der Waals surface area contributed by atoms with Gasteiger partial charge in [-0.1, -0.05) is 48.5 Å². The van der Waals surface area contributed by atoms with Crippen molar-refractivity contribution >= 4 is 34.1 Å². The van der Waals surface area contributed by atoms with Crippen LogP contribution in [0.25, 0.3) is 16.8 Å². The number of ether oxygens (including phenoxy) is 2. The maximum Gasteiger partial charge on any atom is 0.418 e. The second-order valence-corrected chi connectivity index (χ2v) is 8.45. The molecule has 0 aromatic heterocycles. The normalized spacial score (nSPS) is 11.5. The van der Waals surface area contributed by atoms with E-state index < -0.39 is 39.5 Å². The number of anilines is 1. The minimum Gasteiger partial charge on any atom is -0.493 e. The summed E-state index contributed by atoms with van der Waals surface area (Å²) in [5.41, 5.74) is -2.13. The first kappa shape index (κ1) is 27.7. The van der Waals surface area contributed by atoms with Gasteiger partial charge in [-0.15, -0.1) is 0 Å². The van der Waals surface area contributed by atoms with E-state index in [9.17, 15) is 33.3 Å². The summed E-state index contributed by atoms with van der Waals surface area (Å²) in [7, 11) is 1.42. The smallest absolute Gasteiger partial charge is 0.418 e. The second-order valence-electron chi connectivity index (χ2n) is 8.45. The van der Waals surface area contributed by atoms with Gasteiger partial charge >= 0.3 is 6.18 Å². The average Bonchev–Trinajstić information content (AvgIpc) is 2.94. The zero-order chi connectivity index (χ0) is 28.9. The highest BCUT2D eigenvalue weighted by Gasteiger charge is 2.36. The van der Waals surface area contributed by atoms with E-state index in [0.717, 1.165) is 28.5 Å². The molecule has 8 nitrogen and oxygen atoms in total. The van der Waals surface area contributed by atoms with Crippen molar-refractivity contribution in [1.82, 2.24) is 0 Å². The van der Waals surface area contributed by atoms with Gasteiger partial charge in [0.15, 0.2) is 11.5 Å². The minimum atomic E-state index is -4.99. The molecule has 0 aliphatic heterocycles. The molecule has 0 saturated heterocycles. The lowest BCUT2D eigenvalue weighted by Crippen LogP contribution is -2.18. The molecule has 0 unspecified atom stereocenters. The third-order valence-electron chi connectivity index (χ3n) is 5.89. The van der Waals surface area contributed by atoms with Crippen LogP contribution in [0, 0.1) is 21.4 Å². The Hall–Kier alpha value is -5.37. The van der Waals surface area contributed by atoms with Gasteiger partial charge in [-0.2, -0.15) is 18.4 Å². The molecule has 0 atom stereocenters. The number of hydrogen-bond donors (Lipinski definition) is 1. The summed E-state index contributed by atoms with van der Waals surface area (Å²) in [6, 6.07) is 21.9. The van der Waals surface area contributed by atoms with E-state index in [2.05, 4.69) is 0 Å². The van der Waals surface area contributed by atoms with Crippen molar-refractivity contribution in [3.05, 3.63) is 111 Å². The van der Waals surface area contributed by atoms with Crippen LogP contribution in [0.1, 0.15) is 16.7 Å². The van der Waals surface area contributed by atoms with Crippen LogP contribution in [0.2, 0.25) is 0 Å². The van der Waals surface area contributed by atoms with Crippen LogP contribution in [0.15, 0.2) is 84.4 Å². The van der Waals surface area contributed by atoms with Crippen LogP contribution < -0.4 is 14.8 Å². The van der Waals surface area contributed by atoms with Crippen LogP contribution in [0.3, 0.4) is 0 Å². The fourth-order valence-electron chi connectivity index (χ4n) is 3.96. The highest BCUT2D eigenvalue weighted by molar-refractivity contribution is 6.10. The van der Waals surface area contributed by atoms with Crippen molar-refractivity contribution in [3.8, 4) is 17.6 Å². The maximum absolute atomic E-state index is 13.5. The predicted molar refractivity (Wildman–Crippen MR) is 142 cm³/mol. The Morgan fingerprint density at radius 2 is 1.80 bits per heavy atom. The van der Waals surface area contributed by atoms with E-state index in [0.29, 0.717) is 23.1 Å². The summed E-state index contributed by atoms with van der Waals surface area (Å²) < 4.78 is 51.7. The molecule has 1 N–H and O–H groups in total. The molecule has 0 fully saturated rings. The molecule has 4 aromatic rings. The molecule has 40 heavy (non-hydrogen) atoms. The minimum absolute atomic E-state index is 0.246. The topological polar surface area (TPSA) is 114 Å². The van der Waals surface area contributed by atoms with Gasteiger partial charge in [0.1, 0.15) is 18.2 Å². The Morgan fingerprint density at radius 1 is 1.05 bits per heavy atom. The Kier molecular flexibility index (Phi) is 8.00. The lowest BCUT2D eigenvalue weighted by Gasteiger charge is -2.14. The van der Waals surface area contributed by atoms with Crippen molar-refractivity contribution < 1.29 is 32.4 Å². The van der Waals surface area contributed by atoms with E-state index in [1.165, 1.54) is 19.3 Å². The Bertz CT molecular complexity index is 1670. The summed E-state index contributed by atoms with van der Waals surface area (Å²) >= 11 is 0. The van der Waals surface area contributed by atoms with Crippen molar-refractivity contribution in [2.45, 2.75) is 12.8 Å². The van der Waals surface area contributed by atoms with Crippen LogP contribution in [0.4, 0.5) is 24.5 Å². The number of alkyl halides is 3. The number of nitrogens with zero attached hydrogens (tertiary/aromatic N) is 2. The molecular weight excluding hydrogens is 527 g/mol. The molecular formula is C29H20F3N3O5. The lowest BCUT2D eigenvalue weighted by atomic mass is 10.1. The highest BCUT2D eigenvalue weighted by atomic mass is 19.4. The summed E-state index contributed by atoms with van der Waals surface area (Å²) in [5, 5.41) is 24.5. The average molecular weight is 547 g/mol. The third-order valence-corrected chi connectivity index (χ3v) is 5.89. The number of amides is 1. The van der Waals surface area contributed by atoms with Gasteiger partial charge < -0.3 is 14.8 Å². The number of carbonyl (C=O) groups excluding carboxylic acids is 1. The molecule has 4 rings (SSSR count). The van der Waals surface area contributed by atoms with Gasteiger partial charge in [0.2, 0.25) is 0 Å². The number of rotatable bonds is 8. The van der Waals surface area contributed by atoms with Gasteiger partial charge in [-0.25, -0.2) is 0 Å². The quantitative estimate of drug-likeness (QED) is 0.111. The monoisotopic (exact) mass is 547 g/mol. The first-order valence-electron chi connectivity index (χ1n) is 11.7. The summed E-state index contributed by atoms with van der Waals surface area (Å²) in [6.45, 7) is 0.246. The van der Waals surface area contributed by atoms with E-state index in [4.69, 9.17) is 9.47 Å². The number of nitro benzene ring substituents is 1. The SMILES string of the molecule is COc1cc(C=C(C#N)C(=O)Nc2ccc([N+](=O)[O-])cc2C(F)(F)F)ccc1OCc1cccc2ccccc12. The van der Waals surface area contributed by atoms with Crippen LogP contribution >= 0.6 is 0 Å². The lowest BCUT2D eigenvalue weighted by molar-refractivity contribution is -0.385. The molecule has 4 aromatic carbocycles. The number of carbonyl (C=O) groups is 1. The van der Waals surface area contributed by atoms with Gasteiger partial charge in [-0.3, -0.25) is 14.9 Å². The second kappa shape index (κ2) is 11.6. The Labute approximate surface area is 226 Å². The molecule has 0 radical (unpaired) electrons. The first-order valence-corrected chi connectivity index (χ1v) is 11.7. The number of non-ortho nitro benzene ring substituents is 1. The number of benzene rings is 4. The number of nitrogens with one attached hydrogen (secondary N) is 1. The molecule has 0 saturated carbocycles. The van der Waals surface area contributed by atoms with E-state index in [1.54, 1.807) is 18.2 Å². The zero-order valence-electron chi connectivity index (χ0n) is 20.9.